The van der Waals surface area contributed by atoms with E-state index in [0.717, 1.165) is 61.0 Å². The lowest BCUT2D eigenvalue weighted by molar-refractivity contribution is -0.121. The summed E-state index contributed by atoms with van der Waals surface area (Å²) < 4.78 is 13.5. The summed E-state index contributed by atoms with van der Waals surface area (Å²) in [5.41, 5.74) is 3.82. The normalized spacial score (nSPS) is 15.1. The van der Waals surface area contributed by atoms with Gasteiger partial charge in [0, 0.05) is 18.7 Å². The molecule has 0 spiro atoms. The van der Waals surface area contributed by atoms with E-state index in [1.165, 1.54) is 17.7 Å². The van der Waals surface area contributed by atoms with Crippen LogP contribution in [-0.4, -0.2) is 42.9 Å². The van der Waals surface area contributed by atoms with Gasteiger partial charge in [-0.2, -0.15) is 0 Å². The van der Waals surface area contributed by atoms with Crippen molar-refractivity contribution >= 4 is 32.0 Å². The smallest absolute Gasteiger partial charge is 0.232 e. The van der Waals surface area contributed by atoms with Crippen molar-refractivity contribution in [1.29, 1.82) is 0 Å². The van der Waals surface area contributed by atoms with Gasteiger partial charge in [0.2, 0.25) is 11.8 Å². The minimum Gasteiger partial charge on any atom is -0.355 e. The van der Waals surface area contributed by atoms with Crippen molar-refractivity contribution in [3.8, 4) is 0 Å². The maximum atomic E-state index is 13.5. The lowest BCUT2D eigenvalue weighted by atomic mass is 9.89. The topological polar surface area (TPSA) is 61.4 Å². The van der Waals surface area contributed by atoms with Crippen molar-refractivity contribution in [3.63, 3.8) is 0 Å². The number of amides is 2. The van der Waals surface area contributed by atoms with Crippen LogP contribution in [0.25, 0.3) is 0 Å². The van der Waals surface area contributed by atoms with Crippen molar-refractivity contribution < 1.29 is 14.0 Å². The monoisotopic (exact) mass is 533 g/mol. The highest BCUT2D eigenvalue weighted by molar-refractivity contribution is 7.27. The minimum atomic E-state index is -0.477. The molecule has 1 heterocycles. The Bertz CT molecular complexity index is 1160. The van der Waals surface area contributed by atoms with Gasteiger partial charge in [-0.15, -0.1) is 9.24 Å². The number of likely N-dealkylation sites (tertiary alicyclic amines) is 1. The first-order valence-corrected chi connectivity index (χ1v) is 14.0. The molecule has 2 amide bonds. The Hall–Kier alpha value is -3.08. The maximum Gasteiger partial charge on any atom is 0.232 e. The van der Waals surface area contributed by atoms with E-state index >= 15 is 0 Å². The molecular formula is C31H37FN3O2P. The number of anilines is 1. The minimum absolute atomic E-state index is 0.0333. The molecule has 2 N–H and O–H groups in total. The van der Waals surface area contributed by atoms with Crippen molar-refractivity contribution in [3.05, 3.63) is 95.3 Å². The number of carbonyl (C=O) groups is 2. The van der Waals surface area contributed by atoms with Crippen molar-refractivity contribution in [2.24, 2.45) is 0 Å². The molecule has 0 saturated carbocycles. The molecule has 0 bridgehead atoms. The third kappa shape index (κ3) is 7.72. The van der Waals surface area contributed by atoms with Crippen LogP contribution < -0.4 is 15.9 Å². The van der Waals surface area contributed by atoms with Crippen LogP contribution in [0.5, 0.6) is 0 Å². The van der Waals surface area contributed by atoms with Crippen molar-refractivity contribution in [2.75, 3.05) is 31.5 Å². The zero-order valence-electron chi connectivity index (χ0n) is 22.0. The average molecular weight is 534 g/mol. The van der Waals surface area contributed by atoms with E-state index in [9.17, 15) is 14.0 Å². The zero-order chi connectivity index (χ0) is 26.9. The third-order valence-corrected chi connectivity index (χ3v) is 7.62. The quantitative estimate of drug-likeness (QED) is 0.279. The van der Waals surface area contributed by atoms with Crippen LogP contribution in [0.3, 0.4) is 0 Å². The first-order chi connectivity index (χ1) is 18.4. The van der Waals surface area contributed by atoms with Gasteiger partial charge in [0.15, 0.2) is 0 Å². The van der Waals surface area contributed by atoms with Crippen molar-refractivity contribution in [2.45, 2.75) is 44.4 Å². The van der Waals surface area contributed by atoms with E-state index in [-0.39, 0.29) is 17.6 Å². The van der Waals surface area contributed by atoms with Crippen LogP contribution in [0.15, 0.2) is 72.8 Å². The molecule has 5 nitrogen and oxygen atoms in total. The molecule has 1 saturated heterocycles. The second kappa shape index (κ2) is 13.6. The van der Waals surface area contributed by atoms with Crippen LogP contribution >= 0.6 is 9.24 Å². The molecule has 4 rings (SSSR count). The molecule has 1 aliphatic heterocycles. The van der Waals surface area contributed by atoms with Crippen LogP contribution in [0, 0.1) is 5.82 Å². The molecule has 2 unspecified atom stereocenters. The number of carbonyl (C=O) groups excluding carboxylic acids is 2. The summed E-state index contributed by atoms with van der Waals surface area (Å²) >= 11 is 0. The molecule has 7 heteroatoms. The van der Waals surface area contributed by atoms with Gasteiger partial charge in [-0.05, 0) is 91.1 Å². The highest BCUT2D eigenvalue weighted by atomic mass is 31.0. The van der Waals surface area contributed by atoms with Gasteiger partial charge in [0.25, 0.3) is 0 Å². The summed E-state index contributed by atoms with van der Waals surface area (Å²) in [6.07, 6.45) is 3.50. The molecule has 0 radical (unpaired) electrons. The number of hydrogen-bond acceptors (Lipinski definition) is 3. The lowest BCUT2D eigenvalue weighted by Crippen LogP contribution is -2.36. The molecule has 38 heavy (non-hydrogen) atoms. The van der Waals surface area contributed by atoms with Gasteiger partial charge in [0.1, 0.15) is 5.82 Å². The Morgan fingerprint density at radius 3 is 2.32 bits per heavy atom. The summed E-state index contributed by atoms with van der Waals surface area (Å²) in [6.45, 7) is 5.42. The van der Waals surface area contributed by atoms with E-state index in [1.54, 1.807) is 12.1 Å². The Labute approximate surface area is 227 Å². The number of halogens is 1. The van der Waals surface area contributed by atoms with Gasteiger partial charge in [-0.3, -0.25) is 9.59 Å². The standard InChI is InChI=1S/C31H37FN3O2P/c1-2-29(36)34-27-6-3-5-25(21-27)22-15-19-35(20-16-22)18-4-17-33-31(37)30(23-7-11-26(32)12-8-23)24-9-13-28(38)14-10-24/h3,5-14,21-22,30H,2,4,15-20,38H2,1H3,(H,33,37)(H,34,36). The summed E-state index contributed by atoms with van der Waals surface area (Å²) in [5.74, 6) is -0.329. The van der Waals surface area contributed by atoms with Crippen molar-refractivity contribution in [1.82, 2.24) is 10.2 Å². The molecule has 3 aromatic carbocycles. The predicted octanol–water partition coefficient (Wildman–Crippen LogP) is 5.19. The lowest BCUT2D eigenvalue weighted by Gasteiger charge is -2.32. The van der Waals surface area contributed by atoms with E-state index in [1.807, 2.05) is 43.3 Å². The van der Waals surface area contributed by atoms with Gasteiger partial charge < -0.3 is 15.5 Å². The first-order valence-electron chi connectivity index (χ1n) is 13.4. The molecule has 0 aliphatic carbocycles. The number of nitrogens with one attached hydrogen (secondary N) is 2. The third-order valence-electron chi connectivity index (χ3n) is 7.24. The predicted molar refractivity (Wildman–Crippen MR) is 155 cm³/mol. The molecule has 200 valence electrons. The van der Waals surface area contributed by atoms with Crippen LogP contribution in [0.4, 0.5) is 10.1 Å². The fraction of sp³-hybridized carbons (Fsp3) is 0.355. The number of rotatable bonds is 10. The summed E-state index contributed by atoms with van der Waals surface area (Å²) in [7, 11) is 2.65. The molecule has 1 aliphatic rings. The molecule has 3 aromatic rings. The Morgan fingerprint density at radius 2 is 1.66 bits per heavy atom. The van der Waals surface area contributed by atoms with Gasteiger partial charge in [0.05, 0.1) is 5.92 Å². The number of piperidine rings is 1. The van der Waals surface area contributed by atoms with E-state index in [4.69, 9.17) is 0 Å². The Balaban J connectivity index is 1.25. The van der Waals surface area contributed by atoms with E-state index < -0.39 is 5.92 Å². The first kappa shape index (κ1) is 27.9. The van der Waals surface area contributed by atoms with E-state index in [2.05, 4.69) is 36.9 Å². The number of benzene rings is 3. The Morgan fingerprint density at radius 1 is 1.00 bits per heavy atom. The summed E-state index contributed by atoms with van der Waals surface area (Å²) in [5, 5.41) is 7.11. The van der Waals surface area contributed by atoms with Gasteiger partial charge >= 0.3 is 0 Å². The second-order valence-electron chi connectivity index (χ2n) is 9.94. The fourth-order valence-electron chi connectivity index (χ4n) is 5.06. The van der Waals surface area contributed by atoms with Crippen LogP contribution in [0.2, 0.25) is 0 Å². The second-order valence-corrected chi connectivity index (χ2v) is 10.6. The summed E-state index contributed by atoms with van der Waals surface area (Å²) in [6, 6.07) is 22.2. The maximum absolute atomic E-state index is 13.5. The van der Waals surface area contributed by atoms with Gasteiger partial charge in [-0.25, -0.2) is 4.39 Å². The summed E-state index contributed by atoms with van der Waals surface area (Å²) in [4.78, 5) is 27.4. The Kier molecular flexibility index (Phi) is 10.0. The number of hydrogen-bond donors (Lipinski definition) is 2. The fourth-order valence-corrected chi connectivity index (χ4v) is 5.26. The molecule has 2 atom stereocenters. The SMILES string of the molecule is CCC(=O)Nc1cccc(C2CCN(CCCNC(=O)C(c3ccc(F)cc3)c3ccc(P)cc3)CC2)c1. The highest BCUT2D eigenvalue weighted by Gasteiger charge is 2.23. The van der Waals surface area contributed by atoms with Crippen LogP contribution in [0.1, 0.15) is 61.1 Å². The zero-order valence-corrected chi connectivity index (χ0v) is 23.1. The average Bonchev–Trinajstić information content (AvgIpc) is 2.94. The molecule has 1 fully saturated rings. The van der Waals surface area contributed by atoms with Crippen LogP contribution in [-0.2, 0) is 9.59 Å². The molecular weight excluding hydrogens is 496 g/mol. The number of nitrogens with zero attached hydrogens (tertiary/aromatic N) is 1. The molecule has 0 aromatic heterocycles. The van der Waals surface area contributed by atoms with Gasteiger partial charge in [-0.1, -0.05) is 55.5 Å². The largest absolute Gasteiger partial charge is 0.355 e. The highest BCUT2D eigenvalue weighted by Crippen LogP contribution is 2.30. The van der Waals surface area contributed by atoms with E-state index in [0.29, 0.717) is 18.9 Å².